The fraction of sp³-hybridized carbons (Fsp3) is 0.200. The van der Waals surface area contributed by atoms with Crippen LogP contribution >= 0.6 is 0 Å². The van der Waals surface area contributed by atoms with Gasteiger partial charge in [0.25, 0.3) is 0 Å². The average molecular weight is 269 g/mol. The molecule has 0 fully saturated rings. The summed E-state index contributed by atoms with van der Waals surface area (Å²) >= 11 is 0. The molecule has 0 saturated heterocycles. The number of aromatic nitrogens is 3. The first-order chi connectivity index (χ1) is 9.72. The van der Waals surface area contributed by atoms with Gasteiger partial charge in [-0.3, -0.25) is 0 Å². The Balaban J connectivity index is 2.29. The highest BCUT2D eigenvalue weighted by Crippen LogP contribution is 2.31. The van der Waals surface area contributed by atoms with Gasteiger partial charge in [0.2, 0.25) is 0 Å². The highest BCUT2D eigenvalue weighted by atomic mass is 16.5. The lowest BCUT2D eigenvalue weighted by Crippen LogP contribution is -2.06. The van der Waals surface area contributed by atoms with E-state index in [1.54, 1.807) is 18.7 Å². The van der Waals surface area contributed by atoms with Crippen LogP contribution in [0.15, 0.2) is 42.5 Å². The number of ether oxygens (including phenoxy) is 1. The molecule has 0 bridgehead atoms. The molecule has 0 amide bonds. The van der Waals surface area contributed by atoms with E-state index in [-0.39, 0.29) is 0 Å². The second kappa shape index (κ2) is 4.94. The van der Waals surface area contributed by atoms with Crippen LogP contribution < -0.4 is 4.74 Å². The quantitative estimate of drug-likeness (QED) is 0.793. The van der Waals surface area contributed by atoms with E-state index in [0.717, 1.165) is 16.7 Å². The van der Waals surface area contributed by atoms with Crippen molar-refractivity contribution in [1.82, 2.24) is 15.0 Å². The molecule has 0 spiro atoms. The van der Waals surface area contributed by atoms with Crippen molar-refractivity contribution in [3.63, 3.8) is 0 Å². The number of aliphatic hydroxyl groups is 1. The molecule has 1 atom stereocenters. The molecule has 1 aromatic heterocycles. The summed E-state index contributed by atoms with van der Waals surface area (Å²) in [6, 6.07) is 13.3. The minimum Gasteiger partial charge on any atom is -0.496 e. The van der Waals surface area contributed by atoms with E-state index in [9.17, 15) is 5.11 Å². The first kappa shape index (κ1) is 12.6. The minimum absolute atomic E-state index is 0.636. The summed E-state index contributed by atoms with van der Waals surface area (Å²) in [6.45, 7) is 1.71. The van der Waals surface area contributed by atoms with E-state index in [1.807, 2.05) is 42.5 Å². The van der Waals surface area contributed by atoms with Gasteiger partial charge in [-0.2, -0.15) is 0 Å². The summed E-state index contributed by atoms with van der Waals surface area (Å²) in [7, 11) is 1.59. The monoisotopic (exact) mass is 269 g/mol. The summed E-state index contributed by atoms with van der Waals surface area (Å²) in [5, 5.41) is 18.4. The fourth-order valence-electron chi connectivity index (χ4n) is 2.36. The topological polar surface area (TPSA) is 60.2 Å². The standard InChI is InChI=1S/C15H15N3O2/c1-10(19)15-13(8-5-9-14(15)20-2)18-12-7-4-3-6-11(12)16-17-18/h3-10,19H,1-2H3. The third-order valence-corrected chi connectivity index (χ3v) is 3.26. The SMILES string of the molecule is COc1cccc(-n2nnc3ccccc32)c1C(C)O. The summed E-state index contributed by atoms with van der Waals surface area (Å²) in [4.78, 5) is 0. The summed E-state index contributed by atoms with van der Waals surface area (Å²) in [5.41, 5.74) is 3.17. The van der Waals surface area contributed by atoms with Crippen LogP contribution in [0.3, 0.4) is 0 Å². The zero-order valence-corrected chi connectivity index (χ0v) is 11.3. The molecule has 3 aromatic rings. The predicted molar refractivity (Wildman–Crippen MR) is 76.1 cm³/mol. The number of fused-ring (bicyclic) bond motifs is 1. The van der Waals surface area contributed by atoms with Crippen molar-refractivity contribution in [3.05, 3.63) is 48.0 Å². The molecule has 0 aliphatic rings. The third-order valence-electron chi connectivity index (χ3n) is 3.26. The zero-order chi connectivity index (χ0) is 14.1. The molecule has 20 heavy (non-hydrogen) atoms. The van der Waals surface area contributed by atoms with Gasteiger partial charge in [0.05, 0.1) is 24.4 Å². The van der Waals surface area contributed by atoms with Crippen LogP contribution in [0.25, 0.3) is 16.7 Å². The number of benzene rings is 2. The van der Waals surface area contributed by atoms with Crippen LogP contribution in [0, 0.1) is 0 Å². The first-order valence-corrected chi connectivity index (χ1v) is 6.38. The van der Waals surface area contributed by atoms with Crippen LogP contribution in [0.5, 0.6) is 5.75 Å². The second-order valence-electron chi connectivity index (χ2n) is 4.56. The second-order valence-corrected chi connectivity index (χ2v) is 4.56. The Morgan fingerprint density at radius 3 is 2.70 bits per heavy atom. The van der Waals surface area contributed by atoms with Gasteiger partial charge in [-0.1, -0.05) is 23.4 Å². The lowest BCUT2D eigenvalue weighted by molar-refractivity contribution is 0.194. The van der Waals surface area contributed by atoms with Gasteiger partial charge in [-0.15, -0.1) is 5.10 Å². The first-order valence-electron chi connectivity index (χ1n) is 6.38. The minimum atomic E-state index is -0.663. The van der Waals surface area contributed by atoms with Gasteiger partial charge in [0.15, 0.2) is 0 Å². The number of para-hydroxylation sites is 1. The molecule has 0 aliphatic carbocycles. The molecule has 0 aliphatic heterocycles. The molecule has 0 radical (unpaired) electrons. The average Bonchev–Trinajstić information content (AvgIpc) is 2.90. The van der Waals surface area contributed by atoms with Crippen molar-refractivity contribution in [2.45, 2.75) is 13.0 Å². The maximum Gasteiger partial charge on any atom is 0.126 e. The Hall–Kier alpha value is -2.40. The Morgan fingerprint density at radius 1 is 1.15 bits per heavy atom. The van der Waals surface area contributed by atoms with E-state index < -0.39 is 6.10 Å². The van der Waals surface area contributed by atoms with Crippen molar-refractivity contribution in [3.8, 4) is 11.4 Å². The number of rotatable bonds is 3. The number of hydrogen-bond acceptors (Lipinski definition) is 4. The molecule has 0 saturated carbocycles. The van der Waals surface area contributed by atoms with E-state index >= 15 is 0 Å². The molecular formula is C15H15N3O2. The van der Waals surface area contributed by atoms with Crippen LogP contribution in [-0.2, 0) is 0 Å². The van der Waals surface area contributed by atoms with Crippen molar-refractivity contribution in [1.29, 1.82) is 0 Å². The molecule has 3 rings (SSSR count). The van der Waals surface area contributed by atoms with Gasteiger partial charge in [0.1, 0.15) is 11.3 Å². The number of nitrogens with zero attached hydrogens (tertiary/aromatic N) is 3. The van der Waals surface area contributed by atoms with Crippen molar-refractivity contribution in [2.24, 2.45) is 0 Å². The Morgan fingerprint density at radius 2 is 1.95 bits per heavy atom. The molecule has 5 heteroatoms. The zero-order valence-electron chi connectivity index (χ0n) is 11.3. The van der Waals surface area contributed by atoms with E-state index in [1.165, 1.54) is 0 Å². The van der Waals surface area contributed by atoms with E-state index in [4.69, 9.17) is 4.74 Å². The molecular weight excluding hydrogens is 254 g/mol. The summed E-state index contributed by atoms with van der Waals surface area (Å²) in [5.74, 6) is 0.636. The van der Waals surface area contributed by atoms with Gasteiger partial charge in [-0.05, 0) is 31.2 Å². The smallest absolute Gasteiger partial charge is 0.126 e. The molecule has 1 unspecified atom stereocenters. The predicted octanol–water partition coefficient (Wildman–Crippen LogP) is 2.48. The Bertz CT molecular complexity index is 750. The lowest BCUT2D eigenvalue weighted by Gasteiger charge is -2.16. The number of aliphatic hydroxyl groups excluding tert-OH is 1. The van der Waals surface area contributed by atoms with Crippen molar-refractivity contribution in [2.75, 3.05) is 7.11 Å². The normalized spacial score (nSPS) is 12.6. The van der Waals surface area contributed by atoms with Gasteiger partial charge < -0.3 is 9.84 Å². The molecule has 1 heterocycles. The lowest BCUT2D eigenvalue weighted by atomic mass is 10.1. The highest BCUT2D eigenvalue weighted by Gasteiger charge is 2.17. The maximum atomic E-state index is 10.0. The van der Waals surface area contributed by atoms with Crippen LogP contribution in [-0.4, -0.2) is 27.2 Å². The summed E-state index contributed by atoms with van der Waals surface area (Å²) < 4.78 is 7.06. The molecule has 1 N–H and O–H groups in total. The molecule has 102 valence electrons. The highest BCUT2D eigenvalue weighted by molar-refractivity contribution is 5.76. The number of hydrogen-bond donors (Lipinski definition) is 1. The van der Waals surface area contributed by atoms with Gasteiger partial charge in [-0.25, -0.2) is 4.68 Å². The van der Waals surface area contributed by atoms with Crippen molar-refractivity contribution >= 4 is 11.0 Å². The largest absolute Gasteiger partial charge is 0.496 e. The molecule has 2 aromatic carbocycles. The maximum absolute atomic E-state index is 10.0. The van der Waals surface area contributed by atoms with Gasteiger partial charge >= 0.3 is 0 Å². The third kappa shape index (κ3) is 1.92. The fourth-order valence-corrected chi connectivity index (χ4v) is 2.36. The van der Waals surface area contributed by atoms with Crippen LogP contribution in [0.4, 0.5) is 0 Å². The van der Waals surface area contributed by atoms with E-state index in [2.05, 4.69) is 10.3 Å². The van der Waals surface area contributed by atoms with Gasteiger partial charge in [0, 0.05) is 5.56 Å². The van der Waals surface area contributed by atoms with Crippen LogP contribution in [0.1, 0.15) is 18.6 Å². The van der Waals surface area contributed by atoms with Crippen LogP contribution in [0.2, 0.25) is 0 Å². The Labute approximate surface area is 116 Å². The van der Waals surface area contributed by atoms with Crippen molar-refractivity contribution < 1.29 is 9.84 Å². The Kier molecular flexibility index (Phi) is 3.12. The molecule has 5 nitrogen and oxygen atoms in total. The number of methoxy groups -OCH3 is 1. The summed E-state index contributed by atoms with van der Waals surface area (Å²) in [6.07, 6.45) is -0.663. The van der Waals surface area contributed by atoms with E-state index in [0.29, 0.717) is 11.3 Å².